The van der Waals surface area contributed by atoms with Gasteiger partial charge in [-0.15, -0.1) is 0 Å². The van der Waals surface area contributed by atoms with E-state index >= 15 is 0 Å². The first-order valence-electron chi connectivity index (χ1n) is 5.52. The molecule has 3 nitrogen and oxygen atoms in total. The highest BCUT2D eigenvalue weighted by molar-refractivity contribution is 5.95. The number of aliphatic hydroxyl groups is 1. The Labute approximate surface area is 95.7 Å². The molecule has 0 bridgehead atoms. The number of benzene rings is 1. The molecule has 0 spiro atoms. The molecule has 0 aliphatic carbocycles. The van der Waals surface area contributed by atoms with Gasteiger partial charge in [0.1, 0.15) is 0 Å². The van der Waals surface area contributed by atoms with E-state index < -0.39 is 5.60 Å². The van der Waals surface area contributed by atoms with Crippen LogP contribution in [0.1, 0.15) is 31.4 Å². The van der Waals surface area contributed by atoms with Crippen molar-refractivity contribution in [2.24, 2.45) is 0 Å². The number of rotatable bonds is 1. The summed E-state index contributed by atoms with van der Waals surface area (Å²) in [6.45, 7) is 3.50. The third-order valence-corrected chi connectivity index (χ3v) is 3.14. The normalized spacial score (nSPS) is 16.2. The summed E-state index contributed by atoms with van der Waals surface area (Å²) in [6.07, 6.45) is 1.37. The van der Waals surface area contributed by atoms with Gasteiger partial charge in [0.25, 0.3) is 0 Å². The van der Waals surface area contributed by atoms with Gasteiger partial charge in [-0.2, -0.15) is 0 Å². The van der Waals surface area contributed by atoms with Crippen molar-refractivity contribution in [3.63, 3.8) is 0 Å². The number of fused-ring (bicyclic) bond motifs is 1. The van der Waals surface area contributed by atoms with E-state index in [4.69, 9.17) is 0 Å². The van der Waals surface area contributed by atoms with Gasteiger partial charge < -0.3 is 10.0 Å². The molecule has 16 heavy (non-hydrogen) atoms. The molecule has 1 aliphatic heterocycles. The zero-order valence-corrected chi connectivity index (χ0v) is 9.95. The second-order valence-electron chi connectivity index (χ2n) is 4.86. The van der Waals surface area contributed by atoms with Crippen LogP contribution < -0.4 is 4.90 Å². The van der Waals surface area contributed by atoms with E-state index in [1.807, 2.05) is 18.2 Å². The molecule has 3 heteroatoms. The van der Waals surface area contributed by atoms with Crippen LogP contribution >= 0.6 is 0 Å². The third kappa shape index (κ3) is 1.83. The van der Waals surface area contributed by atoms with E-state index in [1.54, 1.807) is 25.8 Å². The van der Waals surface area contributed by atoms with Crippen LogP contribution in [-0.4, -0.2) is 18.1 Å². The second-order valence-corrected chi connectivity index (χ2v) is 4.86. The highest BCUT2D eigenvalue weighted by Gasteiger charge is 2.24. The molecule has 0 aromatic heterocycles. The maximum Gasteiger partial charge on any atom is 0.227 e. The van der Waals surface area contributed by atoms with Gasteiger partial charge in [-0.05, 0) is 37.5 Å². The minimum absolute atomic E-state index is 0.139. The van der Waals surface area contributed by atoms with Crippen molar-refractivity contribution in [3.8, 4) is 0 Å². The molecule has 0 fully saturated rings. The van der Waals surface area contributed by atoms with Gasteiger partial charge in [-0.1, -0.05) is 12.1 Å². The van der Waals surface area contributed by atoms with Gasteiger partial charge in [0, 0.05) is 19.2 Å². The molecule has 1 aliphatic rings. The predicted molar refractivity (Wildman–Crippen MR) is 63.4 cm³/mol. The van der Waals surface area contributed by atoms with Gasteiger partial charge in [0.2, 0.25) is 5.91 Å². The molecule has 0 saturated carbocycles. The number of carbonyl (C=O) groups excluding carboxylic acids is 1. The summed E-state index contributed by atoms with van der Waals surface area (Å²) in [4.78, 5) is 13.3. The van der Waals surface area contributed by atoms with Crippen molar-refractivity contribution in [1.29, 1.82) is 0 Å². The van der Waals surface area contributed by atoms with Gasteiger partial charge in [0.05, 0.1) is 5.60 Å². The zero-order chi connectivity index (χ0) is 11.9. The molecule has 1 aromatic carbocycles. The largest absolute Gasteiger partial charge is 0.386 e. The van der Waals surface area contributed by atoms with Gasteiger partial charge >= 0.3 is 0 Å². The van der Waals surface area contributed by atoms with Crippen LogP contribution in [0.2, 0.25) is 0 Å². The molecule has 0 atom stereocenters. The Morgan fingerprint density at radius 1 is 1.31 bits per heavy atom. The SMILES string of the molecule is CN1C(=O)CCc2ccc(C(C)(C)O)cc21. The second kappa shape index (κ2) is 3.59. The molecule has 1 amide bonds. The van der Waals surface area contributed by atoms with Crippen LogP contribution in [0.4, 0.5) is 5.69 Å². The fraction of sp³-hybridized carbons (Fsp3) is 0.462. The third-order valence-electron chi connectivity index (χ3n) is 3.14. The molecular weight excluding hydrogens is 202 g/mol. The van der Waals surface area contributed by atoms with Crippen molar-refractivity contribution in [2.75, 3.05) is 11.9 Å². The van der Waals surface area contributed by atoms with E-state index in [9.17, 15) is 9.90 Å². The van der Waals surface area contributed by atoms with Gasteiger partial charge in [0.15, 0.2) is 0 Å². The number of hydrogen-bond acceptors (Lipinski definition) is 2. The quantitative estimate of drug-likeness (QED) is 0.782. The Kier molecular flexibility index (Phi) is 2.50. The number of nitrogens with zero attached hydrogens (tertiary/aromatic N) is 1. The maximum absolute atomic E-state index is 11.6. The number of hydrogen-bond donors (Lipinski definition) is 1. The molecule has 2 rings (SSSR count). The number of anilines is 1. The minimum Gasteiger partial charge on any atom is -0.386 e. The molecule has 1 N–H and O–H groups in total. The first kappa shape index (κ1) is 11.1. The molecule has 1 heterocycles. The maximum atomic E-state index is 11.6. The summed E-state index contributed by atoms with van der Waals surface area (Å²) < 4.78 is 0. The topological polar surface area (TPSA) is 40.5 Å². The van der Waals surface area contributed by atoms with E-state index in [-0.39, 0.29) is 5.91 Å². The summed E-state index contributed by atoms with van der Waals surface area (Å²) in [7, 11) is 1.79. The first-order valence-corrected chi connectivity index (χ1v) is 5.52. The summed E-state index contributed by atoms with van der Waals surface area (Å²) >= 11 is 0. The van der Waals surface area contributed by atoms with Crippen LogP contribution in [0.5, 0.6) is 0 Å². The van der Waals surface area contributed by atoms with Crippen molar-refractivity contribution in [1.82, 2.24) is 0 Å². The minimum atomic E-state index is -0.865. The van der Waals surface area contributed by atoms with E-state index in [2.05, 4.69) is 0 Å². The predicted octanol–water partition coefficient (Wildman–Crippen LogP) is 1.82. The highest BCUT2D eigenvalue weighted by atomic mass is 16.3. The van der Waals surface area contributed by atoms with Crippen LogP contribution in [0, 0.1) is 0 Å². The van der Waals surface area contributed by atoms with E-state index in [0.717, 1.165) is 17.7 Å². The summed E-state index contributed by atoms with van der Waals surface area (Å²) in [5.74, 6) is 0.139. The Morgan fingerprint density at radius 2 is 2.00 bits per heavy atom. The van der Waals surface area contributed by atoms with Crippen molar-refractivity contribution in [3.05, 3.63) is 29.3 Å². The molecule has 0 saturated heterocycles. The standard InChI is InChI=1S/C13H17NO2/c1-13(2,16)10-6-4-9-5-7-12(15)14(3)11(9)8-10/h4,6,8,16H,5,7H2,1-3H3. The summed E-state index contributed by atoms with van der Waals surface area (Å²) in [6, 6.07) is 5.85. The number of amides is 1. The van der Waals surface area contributed by atoms with Crippen molar-refractivity contribution >= 4 is 11.6 Å². The number of carbonyl (C=O) groups is 1. The summed E-state index contributed by atoms with van der Waals surface area (Å²) in [5.41, 5.74) is 2.08. The molecule has 1 aromatic rings. The van der Waals surface area contributed by atoms with Crippen LogP contribution in [-0.2, 0) is 16.8 Å². The first-order chi connectivity index (χ1) is 7.39. The molecule has 0 unspecified atom stereocenters. The molecule has 0 radical (unpaired) electrons. The molecule has 86 valence electrons. The lowest BCUT2D eigenvalue weighted by atomic mass is 9.93. The van der Waals surface area contributed by atoms with Crippen LogP contribution in [0.3, 0.4) is 0 Å². The Bertz CT molecular complexity index is 432. The lowest BCUT2D eigenvalue weighted by Gasteiger charge is -2.28. The fourth-order valence-corrected chi connectivity index (χ4v) is 2.01. The van der Waals surface area contributed by atoms with Crippen molar-refractivity contribution < 1.29 is 9.90 Å². The molecular formula is C13H17NO2. The zero-order valence-electron chi connectivity index (χ0n) is 9.95. The highest BCUT2D eigenvalue weighted by Crippen LogP contribution is 2.31. The Balaban J connectivity index is 2.48. The average molecular weight is 219 g/mol. The van der Waals surface area contributed by atoms with Crippen LogP contribution in [0.25, 0.3) is 0 Å². The summed E-state index contributed by atoms with van der Waals surface area (Å²) in [5, 5.41) is 9.94. The monoisotopic (exact) mass is 219 g/mol. The van der Waals surface area contributed by atoms with E-state index in [1.165, 1.54) is 5.56 Å². The van der Waals surface area contributed by atoms with Gasteiger partial charge in [-0.3, -0.25) is 4.79 Å². The van der Waals surface area contributed by atoms with Crippen molar-refractivity contribution in [2.45, 2.75) is 32.3 Å². The fourth-order valence-electron chi connectivity index (χ4n) is 2.01. The van der Waals surface area contributed by atoms with Crippen LogP contribution in [0.15, 0.2) is 18.2 Å². The Morgan fingerprint density at radius 3 is 2.62 bits per heavy atom. The average Bonchev–Trinajstić information content (AvgIpc) is 2.22. The lowest BCUT2D eigenvalue weighted by molar-refractivity contribution is -0.118. The van der Waals surface area contributed by atoms with Gasteiger partial charge in [-0.25, -0.2) is 0 Å². The lowest BCUT2D eigenvalue weighted by Crippen LogP contribution is -2.31. The smallest absolute Gasteiger partial charge is 0.227 e. The van der Waals surface area contributed by atoms with E-state index in [0.29, 0.717) is 6.42 Å². The number of aryl methyl sites for hydroxylation is 1. The Hall–Kier alpha value is -1.35.